The van der Waals surface area contributed by atoms with Gasteiger partial charge in [-0.3, -0.25) is 24.8 Å². The zero-order valence-electron chi connectivity index (χ0n) is 38.2. The van der Waals surface area contributed by atoms with Gasteiger partial charge in [-0.25, -0.2) is 19.3 Å². The van der Waals surface area contributed by atoms with Gasteiger partial charge in [-0.1, -0.05) is 79.1 Å². The molecule has 6 unspecified atom stereocenters. The number of imide groups is 2. The summed E-state index contributed by atoms with van der Waals surface area (Å²) in [6.07, 6.45) is 16.3. The van der Waals surface area contributed by atoms with Crippen LogP contribution < -0.4 is 16.0 Å². The first-order valence-corrected chi connectivity index (χ1v) is 23.5. The van der Waals surface area contributed by atoms with Gasteiger partial charge in [0, 0.05) is 71.6 Å². The Morgan fingerprint density at radius 2 is 1.24 bits per heavy atom. The van der Waals surface area contributed by atoms with E-state index < -0.39 is 18.4 Å². The van der Waals surface area contributed by atoms with Crippen LogP contribution in [0.4, 0.5) is 14.4 Å². The van der Waals surface area contributed by atoms with Crippen LogP contribution in [0.1, 0.15) is 143 Å². The largest absolute Gasteiger partial charge is 0.418 e. The molecule has 2 rings (SSSR count). The number of ether oxygens (including phenoxy) is 3. The van der Waals surface area contributed by atoms with Crippen molar-refractivity contribution in [3.05, 3.63) is 0 Å². The van der Waals surface area contributed by atoms with Crippen molar-refractivity contribution in [3.63, 3.8) is 0 Å². The van der Waals surface area contributed by atoms with E-state index >= 15 is 0 Å². The molecular weight excluding hydrogens is 753 g/mol. The monoisotopic (exact) mass is 839 g/mol. The van der Waals surface area contributed by atoms with Gasteiger partial charge in [0.15, 0.2) is 0 Å². The second kappa shape index (κ2) is 33.1. The number of alkyl carbamates (subject to hydrolysis) is 1. The van der Waals surface area contributed by atoms with Crippen LogP contribution in [0.3, 0.4) is 0 Å². The first kappa shape index (κ1) is 52.6. The van der Waals surface area contributed by atoms with Crippen LogP contribution in [0.2, 0.25) is 0 Å². The maximum atomic E-state index is 13.7. The van der Waals surface area contributed by atoms with E-state index in [1.165, 1.54) is 11.3 Å². The molecule has 2 saturated heterocycles. The molecule has 6 amide bonds. The van der Waals surface area contributed by atoms with Crippen LogP contribution >= 0.6 is 0 Å². The fourth-order valence-electron chi connectivity index (χ4n) is 7.15. The Labute approximate surface area is 358 Å². The lowest BCUT2D eigenvalue weighted by molar-refractivity contribution is -0.116. The standard InChI is InChI=1S/C44H86N8O7/c1-7-11-31-57-40(35-50-33-38(50)9-3)46-26-20-15-18-24-30-52(43(55)48(6)28-22-16-13-19-25-45-5)44(56)49(37-53)29-23-17-14-21-27-47-42(54)59-41(58-32-12-8-2)36-51-34-39(51)10-4/h37-41,45-46H,7-36H2,1-6H3,(H,47,54). The number of nitrogens with zero attached hydrogens (tertiary/aromatic N) is 5. The number of urea groups is 2. The van der Waals surface area contributed by atoms with Gasteiger partial charge in [0.1, 0.15) is 6.23 Å². The predicted octanol–water partition coefficient (Wildman–Crippen LogP) is 6.61. The summed E-state index contributed by atoms with van der Waals surface area (Å²) >= 11 is 0. The third kappa shape index (κ3) is 23.9. The SMILES string of the molecule is CCCCOC(CN1CC1CC)NCCCCCCN(C(=O)N(C)CCCCCCNC)C(=O)N(C=O)CCCCCCNC(=O)OC(CN1CC1CC)OCCCC. The van der Waals surface area contributed by atoms with Gasteiger partial charge in [-0.15, -0.1) is 0 Å². The normalized spacial score (nSPS) is 19.2. The number of unbranched alkanes of at least 4 members (excludes halogenated alkanes) is 11. The van der Waals surface area contributed by atoms with Gasteiger partial charge in [0.05, 0.1) is 13.2 Å². The smallest absolute Gasteiger partial charge is 0.409 e. The highest BCUT2D eigenvalue weighted by atomic mass is 16.7. The van der Waals surface area contributed by atoms with Gasteiger partial charge in [0.25, 0.3) is 0 Å². The first-order chi connectivity index (χ1) is 28.7. The van der Waals surface area contributed by atoms with Crippen molar-refractivity contribution in [2.24, 2.45) is 0 Å². The van der Waals surface area contributed by atoms with Crippen LogP contribution in [-0.4, -0.2) is 166 Å². The highest BCUT2D eigenvalue weighted by Crippen LogP contribution is 2.22. The first-order valence-electron chi connectivity index (χ1n) is 23.5. The van der Waals surface area contributed by atoms with Crippen molar-refractivity contribution < 1.29 is 33.4 Å². The molecule has 0 aromatic rings. The lowest BCUT2D eigenvalue weighted by Gasteiger charge is -2.30. The second-order valence-corrected chi connectivity index (χ2v) is 16.5. The molecule has 3 N–H and O–H groups in total. The van der Waals surface area contributed by atoms with Crippen LogP contribution in [-0.2, 0) is 19.0 Å². The minimum absolute atomic E-state index is 0.0370. The molecule has 0 radical (unpaired) electrons. The Morgan fingerprint density at radius 1 is 0.678 bits per heavy atom. The summed E-state index contributed by atoms with van der Waals surface area (Å²) < 4.78 is 17.6. The summed E-state index contributed by atoms with van der Waals surface area (Å²) in [5, 5.41) is 9.60. The van der Waals surface area contributed by atoms with Crippen LogP contribution in [0, 0.1) is 0 Å². The molecule has 0 aromatic heterocycles. The molecule has 2 fully saturated rings. The van der Waals surface area contributed by atoms with E-state index in [2.05, 4.69) is 53.4 Å². The van der Waals surface area contributed by atoms with E-state index in [1.54, 1.807) is 11.9 Å². The molecule has 0 aromatic carbocycles. The number of amides is 6. The molecule has 344 valence electrons. The minimum Gasteiger partial charge on any atom is -0.418 e. The Hall–Kier alpha value is -2.56. The molecule has 2 aliphatic heterocycles. The van der Waals surface area contributed by atoms with E-state index in [0.29, 0.717) is 57.6 Å². The minimum atomic E-state index is -0.579. The summed E-state index contributed by atoms with van der Waals surface area (Å²) in [7, 11) is 3.69. The average Bonchev–Trinajstić information content (AvgIpc) is 4.17. The van der Waals surface area contributed by atoms with Crippen molar-refractivity contribution >= 4 is 24.6 Å². The van der Waals surface area contributed by atoms with Gasteiger partial charge >= 0.3 is 18.2 Å². The maximum Gasteiger partial charge on any atom is 0.409 e. The average molecular weight is 839 g/mol. The lowest BCUT2D eigenvalue weighted by Crippen LogP contribution is -2.51. The number of nitrogens with one attached hydrogen (secondary N) is 3. The van der Waals surface area contributed by atoms with Crippen LogP contribution in [0.15, 0.2) is 0 Å². The van der Waals surface area contributed by atoms with Crippen molar-refractivity contribution in [1.82, 2.24) is 40.4 Å². The fraction of sp³-hybridized carbons (Fsp3) is 0.909. The molecule has 0 saturated carbocycles. The van der Waals surface area contributed by atoms with E-state index in [0.717, 1.165) is 141 Å². The quantitative estimate of drug-likeness (QED) is 0.0267. The maximum absolute atomic E-state index is 13.7. The van der Waals surface area contributed by atoms with Gasteiger partial charge in [0.2, 0.25) is 12.7 Å². The fourth-order valence-corrected chi connectivity index (χ4v) is 7.15. The zero-order valence-corrected chi connectivity index (χ0v) is 38.2. The Balaban J connectivity index is 1.79. The topological polar surface area (TPSA) is 148 Å². The van der Waals surface area contributed by atoms with Gasteiger partial charge in [-0.2, -0.15) is 0 Å². The molecular formula is C44H86N8O7. The summed E-state index contributed by atoms with van der Waals surface area (Å²) in [6, 6.07) is 0.309. The molecule has 6 atom stereocenters. The summed E-state index contributed by atoms with van der Waals surface area (Å²) in [4.78, 5) is 60.9. The highest BCUT2D eigenvalue weighted by Gasteiger charge is 2.35. The van der Waals surface area contributed by atoms with Gasteiger partial charge < -0.3 is 29.7 Å². The zero-order chi connectivity index (χ0) is 43.1. The second-order valence-electron chi connectivity index (χ2n) is 16.5. The van der Waals surface area contributed by atoms with E-state index in [1.807, 2.05) is 7.05 Å². The molecule has 2 aliphatic rings. The van der Waals surface area contributed by atoms with Gasteiger partial charge in [-0.05, 0) is 84.3 Å². The summed E-state index contributed by atoms with van der Waals surface area (Å²) in [6.45, 7) is 17.0. The number of carbonyl (C=O) groups is 4. The highest BCUT2D eigenvalue weighted by molar-refractivity contribution is 5.97. The lowest BCUT2D eigenvalue weighted by atomic mass is 10.2. The Morgan fingerprint density at radius 3 is 1.83 bits per heavy atom. The molecule has 2 heterocycles. The molecule has 59 heavy (non-hydrogen) atoms. The third-order valence-electron chi connectivity index (χ3n) is 11.3. The molecule has 0 bridgehead atoms. The number of rotatable bonds is 38. The molecule has 15 heteroatoms. The van der Waals surface area contributed by atoms with E-state index in [-0.39, 0.29) is 25.3 Å². The molecule has 0 aliphatic carbocycles. The summed E-state index contributed by atoms with van der Waals surface area (Å²) in [5.41, 5.74) is 0. The number of carbonyl (C=O) groups excluding carboxylic acids is 4. The third-order valence-corrected chi connectivity index (χ3v) is 11.3. The van der Waals surface area contributed by atoms with Crippen molar-refractivity contribution in [2.45, 2.75) is 168 Å². The number of hydrogen-bond donors (Lipinski definition) is 3. The van der Waals surface area contributed by atoms with Crippen molar-refractivity contribution in [3.8, 4) is 0 Å². The molecule has 15 nitrogen and oxygen atoms in total. The van der Waals surface area contributed by atoms with Crippen molar-refractivity contribution in [1.29, 1.82) is 0 Å². The molecule has 0 spiro atoms. The predicted molar refractivity (Wildman–Crippen MR) is 235 cm³/mol. The number of hydrogen-bond acceptors (Lipinski definition) is 11. The van der Waals surface area contributed by atoms with Crippen molar-refractivity contribution in [2.75, 3.05) is 92.8 Å². The Bertz CT molecular complexity index is 1120. The van der Waals surface area contributed by atoms with Crippen LogP contribution in [0.25, 0.3) is 0 Å². The van der Waals surface area contributed by atoms with E-state index in [4.69, 9.17) is 14.2 Å². The Kier molecular flexibility index (Phi) is 29.5. The van der Waals surface area contributed by atoms with Crippen LogP contribution in [0.5, 0.6) is 0 Å². The van der Waals surface area contributed by atoms with E-state index in [9.17, 15) is 19.2 Å². The summed E-state index contributed by atoms with van der Waals surface area (Å²) in [5.74, 6) is 0.